The molecule has 1 aromatic carbocycles. The van der Waals surface area contributed by atoms with Gasteiger partial charge in [-0.3, -0.25) is 4.79 Å². The highest BCUT2D eigenvalue weighted by Crippen LogP contribution is 2.33. The minimum atomic E-state index is -0.0814. The van der Waals surface area contributed by atoms with E-state index in [9.17, 15) is 4.79 Å². The van der Waals surface area contributed by atoms with Gasteiger partial charge in [0.25, 0.3) is 5.56 Å². The summed E-state index contributed by atoms with van der Waals surface area (Å²) in [6.45, 7) is 2.72. The Labute approximate surface area is 181 Å². The van der Waals surface area contributed by atoms with Crippen molar-refractivity contribution >= 4 is 5.69 Å². The van der Waals surface area contributed by atoms with Gasteiger partial charge in [0.2, 0.25) is 0 Å². The van der Waals surface area contributed by atoms with Gasteiger partial charge in [-0.2, -0.15) is 5.26 Å². The molecule has 0 amide bonds. The van der Waals surface area contributed by atoms with E-state index in [0.29, 0.717) is 17.3 Å². The average Bonchev–Trinajstić information content (AvgIpc) is 3.34. The number of nitrogens with zero attached hydrogens (tertiary/aromatic N) is 3. The second-order valence-electron chi connectivity index (χ2n) is 7.70. The van der Waals surface area contributed by atoms with Gasteiger partial charge >= 0.3 is 0 Å². The van der Waals surface area contributed by atoms with Crippen LogP contribution in [0.4, 0.5) is 5.69 Å². The van der Waals surface area contributed by atoms with E-state index in [0.717, 1.165) is 54.2 Å². The Morgan fingerprint density at radius 1 is 1.26 bits per heavy atom. The Kier molecular flexibility index (Phi) is 6.01. The molecular weight excluding hydrogens is 390 g/mol. The molecule has 0 saturated carbocycles. The molecular formula is C24H25N5O2. The number of pyridine rings is 2. The summed E-state index contributed by atoms with van der Waals surface area (Å²) in [6.07, 6.45) is 2.78. The zero-order valence-electron chi connectivity index (χ0n) is 17.7. The van der Waals surface area contributed by atoms with Crippen molar-refractivity contribution in [2.24, 2.45) is 13.0 Å². The largest absolute Gasteiger partial charge is 0.497 e. The fourth-order valence-corrected chi connectivity index (χ4v) is 3.94. The molecule has 31 heavy (non-hydrogen) atoms. The average molecular weight is 415 g/mol. The van der Waals surface area contributed by atoms with Gasteiger partial charge in [0.05, 0.1) is 12.8 Å². The lowest BCUT2D eigenvalue weighted by Crippen LogP contribution is -2.26. The number of hydrogen-bond donors (Lipinski definition) is 2. The molecule has 4 rings (SSSR count). The van der Waals surface area contributed by atoms with Crippen LogP contribution in [0.25, 0.3) is 22.4 Å². The second kappa shape index (κ2) is 9.02. The van der Waals surface area contributed by atoms with Gasteiger partial charge in [0.15, 0.2) is 0 Å². The minimum absolute atomic E-state index is 0.0814. The topological polar surface area (TPSA) is 92.0 Å². The normalized spacial score (nSPS) is 15.5. The number of methoxy groups -OCH3 is 1. The fraction of sp³-hybridized carbons (Fsp3) is 0.292. The Morgan fingerprint density at radius 2 is 2.03 bits per heavy atom. The maximum absolute atomic E-state index is 13.2. The number of nitrogens with one attached hydrogen (secondary N) is 2. The van der Waals surface area contributed by atoms with E-state index < -0.39 is 0 Å². The van der Waals surface area contributed by atoms with Gasteiger partial charge in [-0.05, 0) is 73.5 Å². The van der Waals surface area contributed by atoms with E-state index in [-0.39, 0.29) is 5.56 Å². The van der Waals surface area contributed by atoms with Crippen LogP contribution in [0, 0.1) is 17.2 Å². The molecule has 0 unspecified atom stereocenters. The summed E-state index contributed by atoms with van der Waals surface area (Å²) in [7, 11) is 3.41. The first kappa shape index (κ1) is 20.6. The SMILES string of the molecule is COc1ccc(-c2c(-c3ccc(C#N)nc3)cc(NC[C@H]3CCNC3)c(=O)n2C)cc1. The molecule has 3 heterocycles. The van der Waals surface area contributed by atoms with Crippen molar-refractivity contribution in [1.82, 2.24) is 14.9 Å². The first-order valence-corrected chi connectivity index (χ1v) is 10.3. The van der Waals surface area contributed by atoms with Crippen LogP contribution < -0.4 is 20.9 Å². The van der Waals surface area contributed by atoms with Crippen molar-refractivity contribution in [3.63, 3.8) is 0 Å². The molecule has 1 atom stereocenters. The summed E-state index contributed by atoms with van der Waals surface area (Å²) in [6, 6.07) is 15.1. The van der Waals surface area contributed by atoms with E-state index >= 15 is 0 Å². The summed E-state index contributed by atoms with van der Waals surface area (Å²) in [5.74, 6) is 1.25. The number of aromatic nitrogens is 2. The second-order valence-corrected chi connectivity index (χ2v) is 7.70. The first-order chi connectivity index (χ1) is 15.1. The monoisotopic (exact) mass is 415 g/mol. The highest BCUT2D eigenvalue weighted by molar-refractivity contribution is 5.83. The molecule has 3 aromatic rings. The van der Waals surface area contributed by atoms with Gasteiger partial charge < -0.3 is 19.9 Å². The molecule has 0 spiro atoms. The Bertz CT molecular complexity index is 1150. The minimum Gasteiger partial charge on any atom is -0.497 e. The van der Waals surface area contributed by atoms with E-state index in [1.165, 1.54) is 0 Å². The summed E-state index contributed by atoms with van der Waals surface area (Å²) >= 11 is 0. The van der Waals surface area contributed by atoms with Crippen LogP contribution in [0.5, 0.6) is 5.75 Å². The van der Waals surface area contributed by atoms with Gasteiger partial charge in [-0.1, -0.05) is 0 Å². The third-order valence-electron chi connectivity index (χ3n) is 5.71. The maximum Gasteiger partial charge on any atom is 0.274 e. The number of benzene rings is 1. The van der Waals surface area contributed by atoms with Crippen LogP contribution in [-0.2, 0) is 7.05 Å². The predicted octanol–water partition coefficient (Wildman–Crippen LogP) is 3.02. The smallest absolute Gasteiger partial charge is 0.274 e. The van der Waals surface area contributed by atoms with Gasteiger partial charge in [0.1, 0.15) is 23.2 Å². The number of ether oxygens (including phenoxy) is 1. The highest BCUT2D eigenvalue weighted by Gasteiger charge is 2.19. The van der Waals surface area contributed by atoms with E-state index in [2.05, 4.69) is 15.6 Å². The Morgan fingerprint density at radius 3 is 2.65 bits per heavy atom. The van der Waals surface area contributed by atoms with Crippen LogP contribution in [0.2, 0.25) is 0 Å². The predicted molar refractivity (Wildman–Crippen MR) is 121 cm³/mol. The molecule has 0 radical (unpaired) electrons. The molecule has 2 aromatic heterocycles. The van der Waals surface area contributed by atoms with E-state index in [1.54, 1.807) is 31.0 Å². The zero-order valence-corrected chi connectivity index (χ0v) is 17.7. The molecule has 158 valence electrons. The third kappa shape index (κ3) is 4.30. The molecule has 0 aliphatic carbocycles. The Hall–Kier alpha value is -3.63. The zero-order chi connectivity index (χ0) is 21.8. The summed E-state index contributed by atoms with van der Waals surface area (Å²) < 4.78 is 6.95. The molecule has 1 aliphatic heterocycles. The van der Waals surface area contributed by atoms with Gasteiger partial charge in [-0.25, -0.2) is 4.98 Å². The molecule has 2 N–H and O–H groups in total. The summed E-state index contributed by atoms with van der Waals surface area (Å²) in [5, 5.41) is 15.8. The van der Waals surface area contributed by atoms with Crippen molar-refractivity contribution in [3.8, 4) is 34.2 Å². The molecule has 7 nitrogen and oxygen atoms in total. The lowest BCUT2D eigenvalue weighted by atomic mass is 9.99. The van der Waals surface area contributed by atoms with Crippen molar-refractivity contribution in [2.75, 3.05) is 32.1 Å². The van der Waals surface area contributed by atoms with Crippen molar-refractivity contribution in [1.29, 1.82) is 5.26 Å². The number of hydrogen-bond acceptors (Lipinski definition) is 6. The molecule has 1 saturated heterocycles. The fourth-order valence-electron chi connectivity index (χ4n) is 3.94. The summed E-state index contributed by atoms with van der Waals surface area (Å²) in [4.78, 5) is 17.4. The first-order valence-electron chi connectivity index (χ1n) is 10.3. The van der Waals surface area contributed by atoms with Crippen LogP contribution in [-0.4, -0.2) is 36.3 Å². The summed E-state index contributed by atoms with van der Waals surface area (Å²) in [5.41, 5.74) is 4.22. The van der Waals surface area contributed by atoms with Crippen LogP contribution in [0.3, 0.4) is 0 Å². The van der Waals surface area contributed by atoms with Gasteiger partial charge in [0, 0.05) is 30.9 Å². The number of rotatable bonds is 6. The third-order valence-corrected chi connectivity index (χ3v) is 5.71. The molecule has 1 aliphatic rings. The molecule has 1 fully saturated rings. The Balaban J connectivity index is 1.82. The van der Waals surface area contributed by atoms with E-state index in [1.807, 2.05) is 42.5 Å². The maximum atomic E-state index is 13.2. The number of anilines is 1. The molecule has 7 heteroatoms. The van der Waals surface area contributed by atoms with Crippen LogP contribution >= 0.6 is 0 Å². The molecule has 0 bridgehead atoms. The standard InChI is InChI=1S/C24H25N5O2/c1-29-23(17-4-7-20(31-2)8-5-17)21(18-3-6-19(12-25)27-15-18)11-22(24(29)30)28-14-16-9-10-26-13-16/h3-8,11,15-16,26,28H,9-10,13-14H2,1-2H3/t16-/m0/s1. The van der Waals surface area contributed by atoms with Crippen molar-refractivity contribution in [2.45, 2.75) is 6.42 Å². The van der Waals surface area contributed by atoms with Gasteiger partial charge in [-0.15, -0.1) is 0 Å². The highest BCUT2D eigenvalue weighted by atomic mass is 16.5. The van der Waals surface area contributed by atoms with Crippen molar-refractivity contribution in [3.05, 3.63) is 64.7 Å². The lowest BCUT2D eigenvalue weighted by Gasteiger charge is -2.19. The number of nitriles is 1. The van der Waals surface area contributed by atoms with Crippen LogP contribution in [0.1, 0.15) is 12.1 Å². The lowest BCUT2D eigenvalue weighted by molar-refractivity contribution is 0.415. The van der Waals surface area contributed by atoms with E-state index in [4.69, 9.17) is 10.00 Å². The van der Waals surface area contributed by atoms with Crippen molar-refractivity contribution < 1.29 is 4.74 Å². The van der Waals surface area contributed by atoms with Crippen LogP contribution in [0.15, 0.2) is 53.5 Å². The quantitative estimate of drug-likeness (QED) is 0.643.